The first-order valence-electron chi connectivity index (χ1n) is 4.18. The third-order valence-electron chi connectivity index (χ3n) is 2.22. The van der Waals surface area contributed by atoms with Crippen LogP contribution in [-0.4, -0.2) is 18.1 Å². The SMILES string of the molecule is Brc1ccnc(C2CCNC2)c1. The highest BCUT2D eigenvalue weighted by atomic mass is 79.9. The van der Waals surface area contributed by atoms with Gasteiger partial charge in [-0.15, -0.1) is 0 Å². The molecule has 1 aromatic rings. The van der Waals surface area contributed by atoms with Crippen LogP contribution in [0.1, 0.15) is 18.0 Å². The average molecular weight is 227 g/mol. The standard InChI is InChI=1S/C9H11BrN2/c10-8-2-4-12-9(5-8)7-1-3-11-6-7/h2,4-5,7,11H,1,3,6H2. The molecule has 0 saturated carbocycles. The quantitative estimate of drug-likeness (QED) is 0.792. The maximum Gasteiger partial charge on any atom is 0.0458 e. The van der Waals surface area contributed by atoms with E-state index in [0.29, 0.717) is 5.92 Å². The molecule has 12 heavy (non-hydrogen) atoms. The van der Waals surface area contributed by atoms with E-state index in [-0.39, 0.29) is 0 Å². The lowest BCUT2D eigenvalue weighted by molar-refractivity contribution is 0.734. The molecule has 2 nitrogen and oxygen atoms in total. The van der Waals surface area contributed by atoms with Crippen LogP contribution < -0.4 is 5.32 Å². The Labute approximate surface area is 80.5 Å². The van der Waals surface area contributed by atoms with E-state index in [1.807, 2.05) is 12.3 Å². The molecule has 0 spiro atoms. The molecule has 1 unspecified atom stereocenters. The summed E-state index contributed by atoms with van der Waals surface area (Å²) in [7, 11) is 0. The molecule has 64 valence electrons. The predicted molar refractivity (Wildman–Crippen MR) is 52.2 cm³/mol. The molecule has 1 aromatic heterocycles. The average Bonchev–Trinajstić information content (AvgIpc) is 2.56. The maximum absolute atomic E-state index is 4.35. The van der Waals surface area contributed by atoms with Gasteiger partial charge in [-0.1, -0.05) is 15.9 Å². The number of pyridine rings is 1. The Balaban J connectivity index is 2.21. The summed E-state index contributed by atoms with van der Waals surface area (Å²) in [6, 6.07) is 4.07. The summed E-state index contributed by atoms with van der Waals surface area (Å²) in [5.41, 5.74) is 1.20. The van der Waals surface area contributed by atoms with Gasteiger partial charge in [-0.2, -0.15) is 0 Å². The highest BCUT2D eigenvalue weighted by molar-refractivity contribution is 9.10. The highest BCUT2D eigenvalue weighted by Gasteiger charge is 2.17. The van der Waals surface area contributed by atoms with Crippen molar-refractivity contribution in [3.05, 3.63) is 28.5 Å². The van der Waals surface area contributed by atoms with E-state index in [0.717, 1.165) is 17.6 Å². The van der Waals surface area contributed by atoms with E-state index in [9.17, 15) is 0 Å². The number of halogens is 1. The summed E-state index contributed by atoms with van der Waals surface area (Å²) >= 11 is 3.45. The molecule has 1 saturated heterocycles. The number of nitrogens with zero attached hydrogens (tertiary/aromatic N) is 1. The first kappa shape index (κ1) is 8.20. The van der Waals surface area contributed by atoms with Crippen LogP contribution >= 0.6 is 15.9 Å². The van der Waals surface area contributed by atoms with E-state index < -0.39 is 0 Å². The van der Waals surface area contributed by atoms with Gasteiger partial charge in [0.1, 0.15) is 0 Å². The molecule has 3 heteroatoms. The van der Waals surface area contributed by atoms with E-state index in [2.05, 4.69) is 32.3 Å². The fourth-order valence-corrected chi connectivity index (χ4v) is 1.90. The zero-order valence-corrected chi connectivity index (χ0v) is 8.34. The Bertz CT molecular complexity index is 269. The topological polar surface area (TPSA) is 24.9 Å². The second kappa shape index (κ2) is 3.54. The Kier molecular flexibility index (Phi) is 2.42. The minimum Gasteiger partial charge on any atom is -0.316 e. The van der Waals surface area contributed by atoms with Crippen LogP contribution in [-0.2, 0) is 0 Å². The molecule has 1 N–H and O–H groups in total. The predicted octanol–water partition coefficient (Wildman–Crippen LogP) is 1.92. The van der Waals surface area contributed by atoms with Gasteiger partial charge in [0.05, 0.1) is 0 Å². The zero-order valence-electron chi connectivity index (χ0n) is 6.76. The molecular weight excluding hydrogens is 216 g/mol. The summed E-state index contributed by atoms with van der Waals surface area (Å²) in [6.07, 6.45) is 3.07. The van der Waals surface area contributed by atoms with Crippen molar-refractivity contribution in [2.24, 2.45) is 0 Å². The monoisotopic (exact) mass is 226 g/mol. The minimum absolute atomic E-state index is 0.613. The highest BCUT2D eigenvalue weighted by Crippen LogP contribution is 2.22. The van der Waals surface area contributed by atoms with Crippen LogP contribution in [0.4, 0.5) is 0 Å². The molecular formula is C9H11BrN2. The first-order valence-corrected chi connectivity index (χ1v) is 4.98. The van der Waals surface area contributed by atoms with Crippen LogP contribution in [0, 0.1) is 0 Å². The lowest BCUT2D eigenvalue weighted by Crippen LogP contribution is -2.08. The third kappa shape index (κ3) is 1.67. The van der Waals surface area contributed by atoms with Crippen molar-refractivity contribution < 1.29 is 0 Å². The van der Waals surface area contributed by atoms with Crippen molar-refractivity contribution in [3.63, 3.8) is 0 Å². The fourth-order valence-electron chi connectivity index (χ4n) is 1.55. The molecule has 1 aliphatic rings. The second-order valence-corrected chi connectivity index (χ2v) is 4.00. The molecule has 0 bridgehead atoms. The number of hydrogen-bond donors (Lipinski definition) is 1. The van der Waals surface area contributed by atoms with Gasteiger partial charge < -0.3 is 5.32 Å². The van der Waals surface area contributed by atoms with Gasteiger partial charge in [-0.05, 0) is 25.1 Å². The Morgan fingerprint density at radius 3 is 3.17 bits per heavy atom. The van der Waals surface area contributed by atoms with Gasteiger partial charge in [0.25, 0.3) is 0 Å². The van der Waals surface area contributed by atoms with Gasteiger partial charge in [-0.3, -0.25) is 4.98 Å². The van der Waals surface area contributed by atoms with Crippen LogP contribution in [0.25, 0.3) is 0 Å². The third-order valence-corrected chi connectivity index (χ3v) is 2.71. The van der Waals surface area contributed by atoms with Crippen LogP contribution in [0.5, 0.6) is 0 Å². The van der Waals surface area contributed by atoms with E-state index in [1.54, 1.807) is 0 Å². The molecule has 1 fully saturated rings. The lowest BCUT2D eigenvalue weighted by Gasteiger charge is -2.06. The number of nitrogens with one attached hydrogen (secondary N) is 1. The Morgan fingerprint density at radius 1 is 1.58 bits per heavy atom. The number of hydrogen-bond acceptors (Lipinski definition) is 2. The lowest BCUT2D eigenvalue weighted by atomic mass is 10.0. The van der Waals surface area contributed by atoms with Crippen molar-refractivity contribution in [3.8, 4) is 0 Å². The first-order chi connectivity index (χ1) is 5.86. The fraction of sp³-hybridized carbons (Fsp3) is 0.444. The molecule has 0 aromatic carbocycles. The summed E-state index contributed by atoms with van der Waals surface area (Å²) in [4.78, 5) is 4.35. The molecule has 0 aliphatic carbocycles. The van der Waals surface area contributed by atoms with Gasteiger partial charge in [0.2, 0.25) is 0 Å². The van der Waals surface area contributed by atoms with Crippen LogP contribution in [0.2, 0.25) is 0 Å². The van der Waals surface area contributed by atoms with Gasteiger partial charge in [0.15, 0.2) is 0 Å². The largest absolute Gasteiger partial charge is 0.316 e. The van der Waals surface area contributed by atoms with E-state index >= 15 is 0 Å². The van der Waals surface area contributed by atoms with Crippen molar-refractivity contribution in [2.45, 2.75) is 12.3 Å². The second-order valence-electron chi connectivity index (χ2n) is 3.09. The van der Waals surface area contributed by atoms with E-state index in [1.165, 1.54) is 12.1 Å². The van der Waals surface area contributed by atoms with Gasteiger partial charge in [0, 0.05) is 28.8 Å². The smallest absolute Gasteiger partial charge is 0.0458 e. The summed E-state index contributed by atoms with van der Waals surface area (Å²) < 4.78 is 1.12. The van der Waals surface area contributed by atoms with Crippen molar-refractivity contribution in [1.82, 2.24) is 10.3 Å². The molecule has 0 radical (unpaired) electrons. The Morgan fingerprint density at radius 2 is 2.50 bits per heavy atom. The number of rotatable bonds is 1. The van der Waals surface area contributed by atoms with Crippen LogP contribution in [0.15, 0.2) is 22.8 Å². The number of aromatic nitrogens is 1. The summed E-state index contributed by atoms with van der Waals surface area (Å²) in [5.74, 6) is 0.613. The maximum atomic E-state index is 4.35. The summed E-state index contributed by atoms with van der Waals surface area (Å²) in [6.45, 7) is 2.20. The van der Waals surface area contributed by atoms with Crippen molar-refractivity contribution in [1.29, 1.82) is 0 Å². The minimum atomic E-state index is 0.613. The molecule has 0 amide bonds. The van der Waals surface area contributed by atoms with E-state index in [4.69, 9.17) is 0 Å². The molecule has 2 rings (SSSR count). The Hall–Kier alpha value is -0.410. The summed E-state index contributed by atoms with van der Waals surface area (Å²) in [5, 5.41) is 3.33. The van der Waals surface area contributed by atoms with Crippen molar-refractivity contribution >= 4 is 15.9 Å². The van der Waals surface area contributed by atoms with Crippen LogP contribution in [0.3, 0.4) is 0 Å². The molecule has 2 heterocycles. The van der Waals surface area contributed by atoms with Gasteiger partial charge >= 0.3 is 0 Å². The zero-order chi connectivity index (χ0) is 8.39. The van der Waals surface area contributed by atoms with Gasteiger partial charge in [-0.25, -0.2) is 0 Å². The molecule has 1 atom stereocenters. The normalized spacial score (nSPS) is 22.9. The molecule has 1 aliphatic heterocycles. The van der Waals surface area contributed by atoms with Crippen molar-refractivity contribution in [2.75, 3.05) is 13.1 Å².